The second kappa shape index (κ2) is 8.73. The molecular weight excluding hydrogens is 458 g/mol. The molecule has 2 N–H and O–H groups in total. The predicted molar refractivity (Wildman–Crippen MR) is 125 cm³/mol. The van der Waals surface area contributed by atoms with Gasteiger partial charge in [-0.25, -0.2) is 17.5 Å². The first kappa shape index (κ1) is 23.7. The highest BCUT2D eigenvalue weighted by molar-refractivity contribution is 7.89. The Hall–Kier alpha value is -3.44. The first-order valence-corrected chi connectivity index (χ1v) is 12.3. The van der Waals surface area contributed by atoms with Crippen molar-refractivity contribution in [2.45, 2.75) is 30.2 Å². The van der Waals surface area contributed by atoms with Gasteiger partial charge < -0.3 is 10.2 Å². The van der Waals surface area contributed by atoms with Gasteiger partial charge in [0.15, 0.2) is 0 Å². The van der Waals surface area contributed by atoms with Gasteiger partial charge in [-0.2, -0.15) is 5.01 Å². The summed E-state index contributed by atoms with van der Waals surface area (Å²) in [5, 5.41) is 3.28. The van der Waals surface area contributed by atoms with E-state index in [2.05, 4.69) is 10.7 Å². The van der Waals surface area contributed by atoms with Crippen LogP contribution in [0, 0.1) is 0 Å². The summed E-state index contributed by atoms with van der Waals surface area (Å²) in [6.07, 6.45) is 1.89. The minimum atomic E-state index is -3.80. The number of amides is 4. The summed E-state index contributed by atoms with van der Waals surface area (Å²) in [5.41, 5.74) is 2.23. The van der Waals surface area contributed by atoms with Gasteiger partial charge in [-0.05, 0) is 43.5 Å². The molecule has 1 atom stereocenters. The van der Waals surface area contributed by atoms with Gasteiger partial charge in [0.2, 0.25) is 10.0 Å². The maximum Gasteiger partial charge on any atom is 0.344 e. The molecule has 2 heterocycles. The highest BCUT2D eigenvalue weighted by atomic mass is 32.2. The maximum absolute atomic E-state index is 13.3. The number of carbonyl (C=O) groups is 3. The lowest BCUT2D eigenvalue weighted by molar-refractivity contribution is -0.132. The van der Waals surface area contributed by atoms with E-state index in [1.54, 1.807) is 43.3 Å². The Morgan fingerprint density at radius 1 is 1.06 bits per heavy atom. The largest absolute Gasteiger partial charge is 0.371 e. The number of hydrogen-bond donors (Lipinski definition) is 2. The lowest BCUT2D eigenvalue weighted by Gasteiger charge is -2.24. The smallest absolute Gasteiger partial charge is 0.344 e. The Bertz CT molecular complexity index is 1240. The van der Waals surface area contributed by atoms with E-state index >= 15 is 0 Å². The molecule has 2 aliphatic heterocycles. The summed E-state index contributed by atoms with van der Waals surface area (Å²) < 4.78 is 26.4. The van der Waals surface area contributed by atoms with Crippen molar-refractivity contribution in [1.82, 2.24) is 20.1 Å². The molecule has 0 radical (unpaired) electrons. The quantitative estimate of drug-likeness (QED) is 0.601. The fraction of sp³-hybridized carbons (Fsp3) is 0.348. The van der Waals surface area contributed by atoms with Crippen LogP contribution in [0.5, 0.6) is 0 Å². The third kappa shape index (κ3) is 4.01. The highest BCUT2D eigenvalue weighted by Crippen LogP contribution is 2.30. The number of nitrogens with one attached hydrogen (secondary N) is 2. The van der Waals surface area contributed by atoms with E-state index in [0.717, 1.165) is 30.2 Å². The highest BCUT2D eigenvalue weighted by Gasteiger charge is 2.50. The maximum atomic E-state index is 13.3. The predicted octanol–water partition coefficient (Wildman–Crippen LogP) is 1.65. The van der Waals surface area contributed by atoms with Crippen LogP contribution in [-0.4, -0.2) is 62.8 Å². The molecule has 0 aromatic heterocycles. The normalized spacial score (nSPS) is 20.7. The molecule has 10 nitrogen and oxygen atoms in total. The van der Waals surface area contributed by atoms with Crippen LogP contribution in [0.2, 0.25) is 0 Å². The van der Waals surface area contributed by atoms with E-state index in [-0.39, 0.29) is 10.5 Å². The fourth-order valence-electron chi connectivity index (χ4n) is 4.17. The topological polar surface area (TPSA) is 119 Å². The molecule has 2 aliphatic rings. The van der Waals surface area contributed by atoms with E-state index in [0.29, 0.717) is 16.3 Å². The molecule has 180 valence electrons. The SMILES string of the molecule is CN(C)S(=O)(=O)c1ccc(N2CCCC2)c(C(=O)NN2C(=O)NC(C)(c3ccccc3)C2=O)c1. The molecule has 4 rings (SSSR count). The molecule has 2 aromatic rings. The summed E-state index contributed by atoms with van der Waals surface area (Å²) >= 11 is 0. The molecule has 2 saturated heterocycles. The molecule has 2 fully saturated rings. The second-order valence-electron chi connectivity index (χ2n) is 8.66. The molecule has 4 amide bonds. The number of carbonyl (C=O) groups excluding carboxylic acids is 3. The van der Waals surface area contributed by atoms with Crippen LogP contribution in [0.1, 0.15) is 35.7 Å². The minimum Gasteiger partial charge on any atom is -0.371 e. The zero-order valence-corrected chi connectivity index (χ0v) is 20.1. The molecular formula is C23H27N5O5S. The number of urea groups is 1. The van der Waals surface area contributed by atoms with Gasteiger partial charge in [0.05, 0.1) is 10.5 Å². The number of hydrazine groups is 1. The molecule has 0 aliphatic carbocycles. The molecule has 0 spiro atoms. The number of sulfonamides is 1. The van der Waals surface area contributed by atoms with Gasteiger partial charge >= 0.3 is 6.03 Å². The minimum absolute atomic E-state index is 0.0584. The first-order valence-electron chi connectivity index (χ1n) is 10.9. The number of benzene rings is 2. The van der Waals surface area contributed by atoms with E-state index in [4.69, 9.17) is 0 Å². The summed E-state index contributed by atoms with van der Waals surface area (Å²) in [7, 11) is -0.994. The van der Waals surface area contributed by atoms with E-state index in [1.807, 2.05) is 4.90 Å². The van der Waals surface area contributed by atoms with Gasteiger partial charge in [0, 0.05) is 32.9 Å². The van der Waals surface area contributed by atoms with Crippen molar-refractivity contribution in [3.63, 3.8) is 0 Å². The zero-order valence-electron chi connectivity index (χ0n) is 19.2. The molecule has 0 bridgehead atoms. The third-order valence-electron chi connectivity index (χ3n) is 6.19. The fourth-order valence-corrected chi connectivity index (χ4v) is 5.10. The van der Waals surface area contributed by atoms with Gasteiger partial charge in [-0.3, -0.25) is 15.0 Å². The Morgan fingerprint density at radius 3 is 2.32 bits per heavy atom. The Balaban J connectivity index is 1.68. The molecule has 2 aromatic carbocycles. The average Bonchev–Trinajstić information content (AvgIpc) is 3.43. The Labute approximate surface area is 198 Å². The number of rotatable bonds is 6. The van der Waals surface area contributed by atoms with Crippen molar-refractivity contribution >= 4 is 33.6 Å². The molecule has 0 saturated carbocycles. The number of imide groups is 1. The third-order valence-corrected chi connectivity index (χ3v) is 8.00. The molecule has 11 heteroatoms. The van der Waals surface area contributed by atoms with Crippen molar-refractivity contribution in [1.29, 1.82) is 0 Å². The summed E-state index contributed by atoms with van der Waals surface area (Å²) in [4.78, 5) is 41.1. The van der Waals surface area contributed by atoms with Gasteiger partial charge in [-0.1, -0.05) is 30.3 Å². The first-order chi connectivity index (χ1) is 16.1. The van der Waals surface area contributed by atoms with Crippen molar-refractivity contribution in [3.05, 3.63) is 59.7 Å². The van der Waals surface area contributed by atoms with Crippen LogP contribution >= 0.6 is 0 Å². The van der Waals surface area contributed by atoms with Gasteiger partial charge in [-0.15, -0.1) is 0 Å². The zero-order chi connectivity index (χ0) is 24.7. The Kier molecular flexibility index (Phi) is 6.09. The van der Waals surface area contributed by atoms with E-state index < -0.39 is 33.4 Å². The van der Waals surface area contributed by atoms with Gasteiger partial charge in [0.25, 0.3) is 11.8 Å². The Morgan fingerprint density at radius 2 is 1.71 bits per heavy atom. The average molecular weight is 486 g/mol. The summed E-state index contributed by atoms with van der Waals surface area (Å²) in [6, 6.07) is 12.3. The van der Waals surface area contributed by atoms with E-state index in [9.17, 15) is 22.8 Å². The monoisotopic (exact) mass is 485 g/mol. The van der Waals surface area contributed by atoms with Crippen molar-refractivity contribution < 1.29 is 22.8 Å². The number of hydrogen-bond acceptors (Lipinski definition) is 6. The van der Waals surface area contributed by atoms with Crippen molar-refractivity contribution in [2.24, 2.45) is 0 Å². The molecule has 34 heavy (non-hydrogen) atoms. The van der Waals surface area contributed by atoms with Crippen LogP contribution in [0.15, 0.2) is 53.4 Å². The molecule has 1 unspecified atom stereocenters. The summed E-state index contributed by atoms with van der Waals surface area (Å²) in [6.45, 7) is 3.00. The second-order valence-corrected chi connectivity index (χ2v) is 10.8. The van der Waals surface area contributed by atoms with Gasteiger partial charge in [0.1, 0.15) is 5.54 Å². The standard InChI is InChI=1S/C23H27N5O5S/c1-23(16-9-5-4-6-10-16)21(30)28(22(31)24-23)25-20(29)18-15-17(34(32,33)26(2)3)11-12-19(18)27-13-7-8-14-27/h4-6,9-12,15H,7-8,13-14H2,1-3H3,(H,24,31)(H,25,29). The van der Waals surface area contributed by atoms with Crippen LogP contribution in [0.3, 0.4) is 0 Å². The van der Waals surface area contributed by atoms with Crippen molar-refractivity contribution in [2.75, 3.05) is 32.1 Å². The van der Waals surface area contributed by atoms with Crippen LogP contribution in [-0.2, 0) is 20.4 Å². The number of nitrogens with zero attached hydrogens (tertiary/aromatic N) is 3. The van der Waals surface area contributed by atoms with Crippen LogP contribution < -0.4 is 15.6 Å². The summed E-state index contributed by atoms with van der Waals surface area (Å²) in [5.74, 6) is -1.39. The lowest BCUT2D eigenvalue weighted by atomic mass is 9.92. The van der Waals surface area contributed by atoms with Crippen LogP contribution in [0.25, 0.3) is 0 Å². The lowest BCUT2D eigenvalue weighted by Crippen LogP contribution is -2.48. The van der Waals surface area contributed by atoms with E-state index in [1.165, 1.54) is 26.2 Å². The number of anilines is 1. The van der Waals surface area contributed by atoms with Crippen molar-refractivity contribution in [3.8, 4) is 0 Å². The van der Waals surface area contributed by atoms with Crippen LogP contribution in [0.4, 0.5) is 10.5 Å².